The molecule has 0 saturated carbocycles. The monoisotopic (exact) mass is 450 g/mol. The van der Waals surface area contributed by atoms with Crippen LogP contribution in [0, 0.1) is 0 Å². The Balaban J connectivity index is 0.00000196. The molecule has 0 fully saturated rings. The first-order chi connectivity index (χ1) is 12.0. The van der Waals surface area contributed by atoms with Crippen molar-refractivity contribution < 1.29 is 5.11 Å². The van der Waals surface area contributed by atoms with Gasteiger partial charge in [0, 0.05) is 26.9 Å². The first-order valence-corrected chi connectivity index (χ1v) is 9.45. The molecule has 0 saturated heterocycles. The van der Waals surface area contributed by atoms with Crippen LogP contribution in [0.3, 0.4) is 0 Å². The molecular formula is C19H16BrClN2O2S. The Labute approximate surface area is 168 Å². The van der Waals surface area contributed by atoms with Crippen LogP contribution in [0.1, 0.15) is 18.5 Å². The van der Waals surface area contributed by atoms with Gasteiger partial charge in [-0.05, 0) is 51.5 Å². The highest BCUT2D eigenvalue weighted by Gasteiger charge is 2.18. The second kappa shape index (κ2) is 7.04. The maximum Gasteiger partial charge on any atom is 0.266 e. The molecule has 0 aliphatic rings. The zero-order valence-corrected chi connectivity index (χ0v) is 17.0. The average Bonchev–Trinajstić information content (AvgIpc) is 3.07. The average molecular weight is 452 g/mol. The van der Waals surface area contributed by atoms with Crippen molar-refractivity contribution >= 4 is 60.7 Å². The molecule has 4 N–H and O–H groups in total. The Kier molecular flexibility index (Phi) is 5.12. The second-order valence-corrected chi connectivity index (χ2v) is 7.80. The fourth-order valence-electron chi connectivity index (χ4n) is 3.13. The number of pyridine rings is 1. The number of phenolic OH excluding ortho intramolecular Hbond substituents is 1. The smallest absolute Gasteiger partial charge is 0.266 e. The summed E-state index contributed by atoms with van der Waals surface area (Å²) in [6, 6.07) is 11.3. The van der Waals surface area contributed by atoms with Gasteiger partial charge in [-0.2, -0.15) is 0 Å². The van der Waals surface area contributed by atoms with Crippen LogP contribution >= 0.6 is 39.7 Å². The largest absolute Gasteiger partial charge is 0.507 e. The third-order valence-corrected chi connectivity index (χ3v) is 5.90. The number of rotatable bonds is 2. The third kappa shape index (κ3) is 2.93. The standard InChI is InChI=1S/C19H15BrN2O2S.ClH/c1-9(21)10-2-4-11(5-3-10)15-14(23)8-13(20)17-16(15)12-6-7-25-18(12)19(24)22-17;/h2-9,23H,21H2,1H3,(H,22,24);1H/t9-;/m1./s1. The maximum atomic E-state index is 12.3. The second-order valence-electron chi connectivity index (χ2n) is 6.03. The van der Waals surface area contributed by atoms with E-state index < -0.39 is 0 Å². The van der Waals surface area contributed by atoms with Crippen LogP contribution in [-0.4, -0.2) is 10.1 Å². The van der Waals surface area contributed by atoms with E-state index >= 15 is 0 Å². The highest BCUT2D eigenvalue weighted by atomic mass is 79.9. The van der Waals surface area contributed by atoms with E-state index in [1.807, 2.05) is 42.6 Å². The van der Waals surface area contributed by atoms with Gasteiger partial charge in [0.25, 0.3) is 5.56 Å². The molecule has 2 heterocycles. The van der Waals surface area contributed by atoms with Crippen LogP contribution < -0.4 is 11.3 Å². The summed E-state index contributed by atoms with van der Waals surface area (Å²) in [6.07, 6.45) is 0. The molecule has 1 atom stereocenters. The summed E-state index contributed by atoms with van der Waals surface area (Å²) in [5.74, 6) is 0.160. The quantitative estimate of drug-likeness (QED) is 0.386. The van der Waals surface area contributed by atoms with Crippen LogP contribution in [0.4, 0.5) is 0 Å². The molecule has 0 spiro atoms. The molecule has 2 aromatic carbocycles. The lowest BCUT2D eigenvalue weighted by Gasteiger charge is -2.13. The van der Waals surface area contributed by atoms with E-state index in [-0.39, 0.29) is 29.8 Å². The number of nitrogens with one attached hydrogen (secondary N) is 1. The number of aromatic nitrogens is 1. The number of thiophene rings is 1. The Hall–Kier alpha value is -1.86. The number of nitrogens with two attached hydrogens (primary N) is 1. The summed E-state index contributed by atoms with van der Waals surface area (Å²) in [6.45, 7) is 1.93. The molecule has 0 radical (unpaired) electrons. The maximum absolute atomic E-state index is 12.3. The number of phenols is 1. The Morgan fingerprint density at radius 1 is 1.23 bits per heavy atom. The minimum atomic E-state index is -0.123. The number of aromatic amines is 1. The van der Waals surface area contributed by atoms with Crippen LogP contribution in [-0.2, 0) is 0 Å². The SMILES string of the molecule is C[C@@H](N)c1ccc(-c2c(O)cc(Br)c3[nH]c(=O)c4sccc4c23)cc1.Cl. The highest BCUT2D eigenvalue weighted by molar-refractivity contribution is 9.10. The summed E-state index contributed by atoms with van der Waals surface area (Å²) in [7, 11) is 0. The van der Waals surface area contributed by atoms with Crippen molar-refractivity contribution in [2.75, 3.05) is 0 Å². The number of halogens is 2. The van der Waals surface area contributed by atoms with Crippen LogP contribution in [0.5, 0.6) is 5.75 Å². The van der Waals surface area contributed by atoms with Gasteiger partial charge >= 0.3 is 0 Å². The first-order valence-electron chi connectivity index (χ1n) is 7.78. The van der Waals surface area contributed by atoms with E-state index in [0.717, 1.165) is 21.9 Å². The molecule has 134 valence electrons. The molecule has 0 amide bonds. The van der Waals surface area contributed by atoms with Gasteiger partial charge in [0.05, 0.1) is 5.52 Å². The van der Waals surface area contributed by atoms with Gasteiger partial charge in [0.2, 0.25) is 0 Å². The van der Waals surface area contributed by atoms with Gasteiger partial charge in [-0.1, -0.05) is 24.3 Å². The summed E-state index contributed by atoms with van der Waals surface area (Å²) in [5.41, 5.74) is 9.09. The Morgan fingerprint density at radius 2 is 1.92 bits per heavy atom. The number of fused-ring (bicyclic) bond motifs is 3. The Bertz CT molecular complexity index is 1170. The van der Waals surface area contributed by atoms with Gasteiger partial charge in [0.1, 0.15) is 10.4 Å². The molecule has 0 aliphatic heterocycles. The normalized spacial score (nSPS) is 12.3. The Morgan fingerprint density at radius 3 is 2.58 bits per heavy atom. The third-order valence-electron chi connectivity index (χ3n) is 4.36. The van der Waals surface area contributed by atoms with Crippen molar-refractivity contribution in [3.8, 4) is 16.9 Å². The molecule has 0 bridgehead atoms. The number of benzene rings is 2. The predicted octanol–water partition coefficient (Wildman–Crippen LogP) is 5.32. The van der Waals surface area contributed by atoms with Gasteiger partial charge in [0.15, 0.2) is 0 Å². The van der Waals surface area contributed by atoms with Crippen molar-refractivity contribution in [3.05, 3.63) is 62.2 Å². The number of hydrogen-bond acceptors (Lipinski definition) is 4. The summed E-state index contributed by atoms with van der Waals surface area (Å²) in [4.78, 5) is 15.2. The molecule has 0 unspecified atom stereocenters. The fraction of sp³-hybridized carbons (Fsp3) is 0.105. The van der Waals surface area contributed by atoms with E-state index in [9.17, 15) is 9.90 Å². The molecule has 4 nitrogen and oxygen atoms in total. The van der Waals surface area contributed by atoms with Crippen LogP contribution in [0.25, 0.3) is 32.1 Å². The van der Waals surface area contributed by atoms with E-state index in [4.69, 9.17) is 5.73 Å². The zero-order valence-electron chi connectivity index (χ0n) is 13.7. The van der Waals surface area contributed by atoms with Gasteiger partial charge in [-0.25, -0.2) is 0 Å². The lowest BCUT2D eigenvalue weighted by Crippen LogP contribution is -2.05. The molecule has 7 heteroatoms. The lowest BCUT2D eigenvalue weighted by molar-refractivity contribution is 0.477. The predicted molar refractivity (Wildman–Crippen MR) is 115 cm³/mol. The first kappa shape index (κ1) is 18.9. The zero-order chi connectivity index (χ0) is 17.7. The molecular weight excluding hydrogens is 436 g/mol. The van der Waals surface area contributed by atoms with Crippen molar-refractivity contribution in [1.82, 2.24) is 4.98 Å². The van der Waals surface area contributed by atoms with E-state index in [1.54, 1.807) is 6.07 Å². The van der Waals surface area contributed by atoms with Crippen molar-refractivity contribution in [2.45, 2.75) is 13.0 Å². The summed E-state index contributed by atoms with van der Waals surface area (Å²) in [5, 5.41) is 14.2. The van der Waals surface area contributed by atoms with E-state index in [1.165, 1.54) is 11.3 Å². The molecule has 2 aromatic heterocycles. The van der Waals surface area contributed by atoms with Crippen molar-refractivity contribution in [3.63, 3.8) is 0 Å². The topological polar surface area (TPSA) is 79.1 Å². The lowest BCUT2D eigenvalue weighted by atomic mass is 9.96. The molecule has 0 aliphatic carbocycles. The van der Waals surface area contributed by atoms with Gasteiger partial charge in [-0.3, -0.25) is 4.79 Å². The number of hydrogen-bond donors (Lipinski definition) is 3. The van der Waals surface area contributed by atoms with E-state index in [0.29, 0.717) is 20.3 Å². The number of H-pyrrole nitrogens is 1. The van der Waals surface area contributed by atoms with Crippen molar-refractivity contribution in [1.29, 1.82) is 0 Å². The summed E-state index contributed by atoms with van der Waals surface area (Å²) >= 11 is 4.84. The molecule has 4 rings (SSSR count). The highest BCUT2D eigenvalue weighted by Crippen LogP contribution is 2.42. The minimum Gasteiger partial charge on any atom is -0.507 e. The van der Waals surface area contributed by atoms with Crippen molar-refractivity contribution in [2.24, 2.45) is 5.73 Å². The van der Waals surface area contributed by atoms with Crippen LogP contribution in [0.2, 0.25) is 0 Å². The molecule has 4 aromatic rings. The summed E-state index contributed by atoms with van der Waals surface area (Å²) < 4.78 is 1.31. The van der Waals surface area contributed by atoms with Crippen LogP contribution in [0.15, 0.2) is 51.0 Å². The minimum absolute atomic E-state index is 0. The fourth-order valence-corrected chi connectivity index (χ4v) is 4.44. The number of aromatic hydroxyl groups is 1. The van der Waals surface area contributed by atoms with E-state index in [2.05, 4.69) is 20.9 Å². The van der Waals surface area contributed by atoms with Gasteiger partial charge < -0.3 is 15.8 Å². The van der Waals surface area contributed by atoms with Gasteiger partial charge in [-0.15, -0.1) is 23.7 Å². The molecule has 26 heavy (non-hydrogen) atoms.